The average molecular weight is 380 g/mol. The summed E-state index contributed by atoms with van der Waals surface area (Å²) in [7, 11) is 0. The van der Waals surface area contributed by atoms with E-state index in [1.54, 1.807) is 30.5 Å². The van der Waals surface area contributed by atoms with E-state index in [4.69, 9.17) is 0 Å². The van der Waals surface area contributed by atoms with Gasteiger partial charge in [-0.05, 0) is 39.0 Å². The third kappa shape index (κ3) is 5.06. The van der Waals surface area contributed by atoms with Crippen LogP contribution in [0.15, 0.2) is 48.8 Å². The number of amides is 2. The first-order valence-electron chi connectivity index (χ1n) is 9.10. The third-order valence-electron chi connectivity index (χ3n) is 4.19. The lowest BCUT2D eigenvalue weighted by Crippen LogP contribution is -2.38. The van der Waals surface area contributed by atoms with Crippen LogP contribution in [0.4, 0.5) is 5.69 Å². The van der Waals surface area contributed by atoms with Crippen LogP contribution in [-0.4, -0.2) is 37.4 Å². The largest absolute Gasteiger partial charge is 0.350 e. The molecular weight excluding hydrogens is 356 g/mol. The van der Waals surface area contributed by atoms with Gasteiger partial charge in [-0.3, -0.25) is 19.0 Å². The molecule has 0 unspecified atom stereocenters. The second-order valence-corrected chi connectivity index (χ2v) is 6.82. The summed E-state index contributed by atoms with van der Waals surface area (Å²) in [5.74, 6) is -0.374. The van der Waals surface area contributed by atoms with E-state index in [1.807, 2.05) is 37.6 Å². The third-order valence-corrected chi connectivity index (χ3v) is 4.19. The van der Waals surface area contributed by atoms with E-state index in [0.29, 0.717) is 17.8 Å². The highest BCUT2D eigenvalue weighted by molar-refractivity contribution is 6.04. The van der Waals surface area contributed by atoms with E-state index in [0.717, 1.165) is 11.4 Å². The van der Waals surface area contributed by atoms with Gasteiger partial charge in [-0.2, -0.15) is 10.2 Å². The van der Waals surface area contributed by atoms with Crippen molar-refractivity contribution in [2.75, 3.05) is 5.32 Å². The second kappa shape index (κ2) is 8.51. The van der Waals surface area contributed by atoms with Crippen LogP contribution in [0.25, 0.3) is 0 Å². The van der Waals surface area contributed by atoms with Crippen LogP contribution in [-0.2, 0) is 17.9 Å². The Labute approximate surface area is 163 Å². The zero-order valence-corrected chi connectivity index (χ0v) is 16.2. The number of hydrogen-bond acceptors (Lipinski definition) is 4. The number of aromatic nitrogens is 4. The maximum Gasteiger partial charge on any atom is 0.255 e. The summed E-state index contributed by atoms with van der Waals surface area (Å²) in [4.78, 5) is 24.4. The lowest BCUT2D eigenvalue weighted by atomic mass is 10.2. The SMILES string of the molecule is Cc1cc(C)n(C[C@H](C)NC(=O)Cn2cc(NC(=O)c3ccccc3)cn2)n1. The fourth-order valence-electron chi connectivity index (χ4n) is 2.94. The molecule has 8 nitrogen and oxygen atoms in total. The van der Waals surface area contributed by atoms with Crippen molar-refractivity contribution in [3.8, 4) is 0 Å². The summed E-state index contributed by atoms with van der Waals surface area (Å²) < 4.78 is 3.37. The van der Waals surface area contributed by atoms with Gasteiger partial charge in [-0.25, -0.2) is 0 Å². The standard InChI is InChI=1S/C20H24N6O2/c1-14-9-16(3)26(24-14)11-15(2)22-19(27)13-25-12-18(10-21-25)23-20(28)17-7-5-4-6-8-17/h4-10,12,15H,11,13H2,1-3H3,(H,22,27)(H,23,28)/t15-/m0/s1. The van der Waals surface area contributed by atoms with Crippen molar-refractivity contribution < 1.29 is 9.59 Å². The highest BCUT2D eigenvalue weighted by atomic mass is 16.2. The molecule has 2 N–H and O–H groups in total. The Bertz CT molecular complexity index is 960. The minimum atomic E-state index is -0.219. The van der Waals surface area contributed by atoms with Gasteiger partial charge in [-0.1, -0.05) is 18.2 Å². The molecule has 28 heavy (non-hydrogen) atoms. The maximum absolute atomic E-state index is 12.3. The number of rotatable bonds is 7. The van der Waals surface area contributed by atoms with Crippen LogP contribution in [0.5, 0.6) is 0 Å². The monoisotopic (exact) mass is 380 g/mol. The number of carbonyl (C=O) groups excluding carboxylic acids is 2. The summed E-state index contributed by atoms with van der Waals surface area (Å²) in [5.41, 5.74) is 3.12. The first kappa shape index (κ1) is 19.3. The van der Waals surface area contributed by atoms with Gasteiger partial charge in [0.25, 0.3) is 5.91 Å². The molecule has 146 valence electrons. The molecule has 0 spiro atoms. The average Bonchev–Trinajstić information content (AvgIpc) is 3.20. The molecule has 3 aromatic rings. The number of hydrogen-bond donors (Lipinski definition) is 2. The first-order valence-corrected chi connectivity index (χ1v) is 9.10. The molecular formula is C20H24N6O2. The van der Waals surface area contributed by atoms with Crippen LogP contribution in [0.2, 0.25) is 0 Å². The minimum Gasteiger partial charge on any atom is -0.350 e. The van der Waals surface area contributed by atoms with Crippen LogP contribution >= 0.6 is 0 Å². The number of anilines is 1. The van der Waals surface area contributed by atoms with E-state index >= 15 is 0 Å². The smallest absolute Gasteiger partial charge is 0.255 e. The van der Waals surface area contributed by atoms with Gasteiger partial charge in [0.1, 0.15) is 6.54 Å². The number of aryl methyl sites for hydroxylation is 2. The second-order valence-electron chi connectivity index (χ2n) is 6.82. The Morgan fingerprint density at radius 2 is 1.93 bits per heavy atom. The van der Waals surface area contributed by atoms with Crippen LogP contribution in [0.3, 0.4) is 0 Å². The topological polar surface area (TPSA) is 93.8 Å². The molecule has 3 rings (SSSR count). The van der Waals surface area contributed by atoms with Crippen molar-refractivity contribution in [1.82, 2.24) is 24.9 Å². The normalized spacial score (nSPS) is 11.8. The summed E-state index contributed by atoms with van der Waals surface area (Å²) in [6.07, 6.45) is 3.15. The first-order chi connectivity index (χ1) is 13.4. The predicted octanol–water partition coefficient (Wildman–Crippen LogP) is 2.15. The molecule has 0 saturated heterocycles. The van der Waals surface area contributed by atoms with Crippen molar-refractivity contribution in [3.05, 3.63) is 65.7 Å². The summed E-state index contributed by atoms with van der Waals surface area (Å²) in [6.45, 7) is 6.54. The molecule has 2 amide bonds. The maximum atomic E-state index is 12.3. The minimum absolute atomic E-state index is 0.0710. The Hall–Kier alpha value is -3.42. The number of nitrogens with zero attached hydrogens (tertiary/aromatic N) is 4. The summed E-state index contributed by atoms with van der Waals surface area (Å²) in [5, 5.41) is 14.2. The van der Waals surface area contributed by atoms with E-state index in [-0.39, 0.29) is 24.4 Å². The van der Waals surface area contributed by atoms with Crippen LogP contribution in [0, 0.1) is 13.8 Å². The Balaban J connectivity index is 1.51. The lowest BCUT2D eigenvalue weighted by Gasteiger charge is -2.15. The quantitative estimate of drug-likeness (QED) is 0.657. The fourth-order valence-corrected chi connectivity index (χ4v) is 2.94. The van der Waals surface area contributed by atoms with E-state index < -0.39 is 0 Å². The summed E-state index contributed by atoms with van der Waals surface area (Å²) >= 11 is 0. The molecule has 0 saturated carbocycles. The summed E-state index contributed by atoms with van der Waals surface area (Å²) in [6, 6.07) is 10.9. The molecule has 0 bridgehead atoms. The van der Waals surface area contributed by atoms with Crippen molar-refractivity contribution in [2.45, 2.75) is 39.9 Å². The van der Waals surface area contributed by atoms with Crippen molar-refractivity contribution in [1.29, 1.82) is 0 Å². The predicted molar refractivity (Wildman–Crippen MR) is 106 cm³/mol. The number of benzene rings is 1. The zero-order chi connectivity index (χ0) is 20.1. The van der Waals surface area contributed by atoms with Gasteiger partial charge in [-0.15, -0.1) is 0 Å². The highest BCUT2D eigenvalue weighted by Crippen LogP contribution is 2.08. The van der Waals surface area contributed by atoms with Crippen LogP contribution < -0.4 is 10.6 Å². The van der Waals surface area contributed by atoms with Crippen molar-refractivity contribution in [2.24, 2.45) is 0 Å². The molecule has 1 atom stereocenters. The number of carbonyl (C=O) groups is 2. The Kier molecular flexibility index (Phi) is 5.88. The van der Waals surface area contributed by atoms with E-state index in [2.05, 4.69) is 20.8 Å². The highest BCUT2D eigenvalue weighted by Gasteiger charge is 2.12. The molecule has 0 aliphatic carbocycles. The van der Waals surface area contributed by atoms with Crippen LogP contribution in [0.1, 0.15) is 28.7 Å². The molecule has 2 heterocycles. The van der Waals surface area contributed by atoms with E-state index in [9.17, 15) is 9.59 Å². The molecule has 8 heteroatoms. The van der Waals surface area contributed by atoms with Gasteiger partial charge in [0.15, 0.2) is 0 Å². The van der Waals surface area contributed by atoms with Crippen molar-refractivity contribution in [3.63, 3.8) is 0 Å². The van der Waals surface area contributed by atoms with E-state index in [1.165, 1.54) is 10.9 Å². The lowest BCUT2D eigenvalue weighted by molar-refractivity contribution is -0.122. The van der Waals surface area contributed by atoms with Gasteiger partial charge >= 0.3 is 0 Å². The molecule has 0 aliphatic rings. The van der Waals surface area contributed by atoms with Gasteiger partial charge in [0.05, 0.1) is 24.1 Å². The zero-order valence-electron chi connectivity index (χ0n) is 16.2. The Morgan fingerprint density at radius 3 is 2.61 bits per heavy atom. The van der Waals surface area contributed by atoms with Crippen molar-refractivity contribution >= 4 is 17.5 Å². The molecule has 0 fully saturated rings. The van der Waals surface area contributed by atoms with Gasteiger partial charge in [0.2, 0.25) is 5.91 Å². The molecule has 0 radical (unpaired) electrons. The van der Waals surface area contributed by atoms with Gasteiger partial charge < -0.3 is 10.6 Å². The van der Waals surface area contributed by atoms with Gasteiger partial charge in [0, 0.05) is 23.5 Å². The molecule has 0 aliphatic heterocycles. The molecule has 1 aromatic carbocycles. The Morgan fingerprint density at radius 1 is 1.18 bits per heavy atom. The molecule has 2 aromatic heterocycles. The fraction of sp³-hybridized carbons (Fsp3) is 0.300. The number of nitrogens with one attached hydrogen (secondary N) is 2.